The van der Waals surface area contributed by atoms with Crippen LogP contribution in [0.1, 0.15) is 17.3 Å². The molecule has 0 spiro atoms. The van der Waals surface area contributed by atoms with E-state index in [0.29, 0.717) is 13.1 Å². The molecule has 5 nitrogen and oxygen atoms in total. The summed E-state index contributed by atoms with van der Waals surface area (Å²) in [5.41, 5.74) is 0.967. The van der Waals surface area contributed by atoms with E-state index in [-0.39, 0.29) is 11.5 Å². The number of carboxylic acid groups (broad SMARTS) is 1. The van der Waals surface area contributed by atoms with Gasteiger partial charge in [-0.05, 0) is 18.2 Å². The first kappa shape index (κ1) is 12.0. The summed E-state index contributed by atoms with van der Waals surface area (Å²) in [6, 6.07) is 6.53. The van der Waals surface area contributed by atoms with Crippen LogP contribution in [0.3, 0.4) is 0 Å². The molecule has 0 aliphatic heterocycles. The Morgan fingerprint density at radius 3 is 2.69 bits per heavy atom. The van der Waals surface area contributed by atoms with Gasteiger partial charge in [0.25, 0.3) is 0 Å². The molecule has 0 saturated heterocycles. The number of carboxylic acids is 1. The Labute approximate surface area is 93.5 Å². The van der Waals surface area contributed by atoms with Gasteiger partial charge >= 0.3 is 5.97 Å². The molecule has 0 unspecified atom stereocenters. The number of nitrogens with one attached hydrogen (secondary N) is 2. The number of aromatic carboxylic acids is 1. The standard InChI is InChI=1S/C11H14N2O3/c1-8(14)12-5-6-13-10-4-2-3-9(7-10)11(15)16/h2-4,7,13H,5-6H2,1H3,(H,12,14)(H,15,16). The zero-order valence-corrected chi connectivity index (χ0v) is 8.99. The Kier molecular flexibility index (Phi) is 4.32. The number of hydrogen-bond acceptors (Lipinski definition) is 3. The Morgan fingerprint density at radius 2 is 2.06 bits per heavy atom. The smallest absolute Gasteiger partial charge is 0.335 e. The van der Waals surface area contributed by atoms with Crippen molar-refractivity contribution in [2.45, 2.75) is 6.92 Å². The zero-order chi connectivity index (χ0) is 12.0. The number of carbonyl (C=O) groups is 2. The van der Waals surface area contributed by atoms with Gasteiger partial charge in [-0.1, -0.05) is 6.07 Å². The fraction of sp³-hybridized carbons (Fsp3) is 0.273. The molecular weight excluding hydrogens is 208 g/mol. The van der Waals surface area contributed by atoms with Crippen molar-refractivity contribution < 1.29 is 14.7 Å². The van der Waals surface area contributed by atoms with Crippen LogP contribution in [0.15, 0.2) is 24.3 Å². The molecule has 1 aromatic rings. The molecule has 0 fully saturated rings. The van der Waals surface area contributed by atoms with E-state index in [1.54, 1.807) is 18.2 Å². The first-order valence-corrected chi connectivity index (χ1v) is 4.91. The number of anilines is 1. The third-order valence-corrected chi connectivity index (χ3v) is 1.94. The molecule has 86 valence electrons. The van der Waals surface area contributed by atoms with Crippen molar-refractivity contribution in [2.24, 2.45) is 0 Å². The van der Waals surface area contributed by atoms with Gasteiger partial charge < -0.3 is 15.7 Å². The average molecular weight is 222 g/mol. The number of rotatable bonds is 5. The maximum absolute atomic E-state index is 10.7. The highest BCUT2D eigenvalue weighted by Crippen LogP contribution is 2.09. The summed E-state index contributed by atoms with van der Waals surface area (Å²) in [7, 11) is 0. The van der Waals surface area contributed by atoms with Crippen LogP contribution in [-0.2, 0) is 4.79 Å². The SMILES string of the molecule is CC(=O)NCCNc1cccc(C(=O)O)c1. The average Bonchev–Trinajstić information content (AvgIpc) is 2.24. The van der Waals surface area contributed by atoms with Crippen LogP contribution in [0, 0.1) is 0 Å². The highest BCUT2D eigenvalue weighted by atomic mass is 16.4. The van der Waals surface area contributed by atoms with E-state index in [0.717, 1.165) is 5.69 Å². The fourth-order valence-corrected chi connectivity index (χ4v) is 1.21. The van der Waals surface area contributed by atoms with Crippen molar-refractivity contribution in [1.82, 2.24) is 5.32 Å². The van der Waals surface area contributed by atoms with Crippen LogP contribution in [-0.4, -0.2) is 30.1 Å². The highest BCUT2D eigenvalue weighted by molar-refractivity contribution is 5.88. The van der Waals surface area contributed by atoms with Gasteiger partial charge in [-0.3, -0.25) is 4.79 Å². The zero-order valence-electron chi connectivity index (χ0n) is 8.99. The molecule has 1 rings (SSSR count). The molecule has 0 aliphatic rings. The molecule has 3 N–H and O–H groups in total. The minimum Gasteiger partial charge on any atom is -0.478 e. The molecule has 1 amide bonds. The minimum atomic E-state index is -0.953. The molecule has 16 heavy (non-hydrogen) atoms. The lowest BCUT2D eigenvalue weighted by Gasteiger charge is -2.07. The van der Waals surface area contributed by atoms with Gasteiger partial charge in [0.2, 0.25) is 5.91 Å². The number of hydrogen-bond donors (Lipinski definition) is 3. The third-order valence-electron chi connectivity index (χ3n) is 1.94. The van der Waals surface area contributed by atoms with Crippen molar-refractivity contribution in [3.8, 4) is 0 Å². The van der Waals surface area contributed by atoms with E-state index >= 15 is 0 Å². The second-order valence-corrected chi connectivity index (χ2v) is 3.30. The Balaban J connectivity index is 2.45. The Morgan fingerprint density at radius 1 is 1.31 bits per heavy atom. The summed E-state index contributed by atoms with van der Waals surface area (Å²) >= 11 is 0. The number of amides is 1. The lowest BCUT2D eigenvalue weighted by atomic mass is 10.2. The van der Waals surface area contributed by atoms with Crippen LogP contribution in [0.5, 0.6) is 0 Å². The lowest BCUT2D eigenvalue weighted by molar-refractivity contribution is -0.118. The van der Waals surface area contributed by atoms with Gasteiger partial charge in [-0.2, -0.15) is 0 Å². The van der Waals surface area contributed by atoms with Crippen LogP contribution >= 0.6 is 0 Å². The first-order valence-electron chi connectivity index (χ1n) is 4.91. The van der Waals surface area contributed by atoms with Crippen molar-refractivity contribution in [3.63, 3.8) is 0 Å². The topological polar surface area (TPSA) is 78.4 Å². The lowest BCUT2D eigenvalue weighted by Crippen LogP contribution is -2.26. The maximum Gasteiger partial charge on any atom is 0.335 e. The summed E-state index contributed by atoms with van der Waals surface area (Å²) in [4.78, 5) is 21.3. The second-order valence-electron chi connectivity index (χ2n) is 3.30. The van der Waals surface area contributed by atoms with E-state index in [2.05, 4.69) is 10.6 Å². The van der Waals surface area contributed by atoms with Crippen LogP contribution in [0.2, 0.25) is 0 Å². The quantitative estimate of drug-likeness (QED) is 0.648. The Bertz CT molecular complexity index is 391. The monoisotopic (exact) mass is 222 g/mol. The molecular formula is C11H14N2O3. The molecule has 0 radical (unpaired) electrons. The van der Waals surface area contributed by atoms with Gasteiger partial charge in [0.15, 0.2) is 0 Å². The molecule has 0 aromatic heterocycles. The van der Waals surface area contributed by atoms with Gasteiger partial charge in [-0.15, -0.1) is 0 Å². The van der Waals surface area contributed by atoms with Gasteiger partial charge in [0.1, 0.15) is 0 Å². The highest BCUT2D eigenvalue weighted by Gasteiger charge is 2.02. The first-order chi connectivity index (χ1) is 7.59. The summed E-state index contributed by atoms with van der Waals surface area (Å²) in [6.07, 6.45) is 0. The number of benzene rings is 1. The van der Waals surface area contributed by atoms with Crippen molar-refractivity contribution in [1.29, 1.82) is 0 Å². The minimum absolute atomic E-state index is 0.0823. The summed E-state index contributed by atoms with van der Waals surface area (Å²) < 4.78 is 0. The van der Waals surface area contributed by atoms with Crippen LogP contribution in [0.25, 0.3) is 0 Å². The molecule has 0 heterocycles. The molecule has 0 saturated carbocycles. The molecule has 5 heteroatoms. The van der Waals surface area contributed by atoms with E-state index < -0.39 is 5.97 Å². The van der Waals surface area contributed by atoms with E-state index in [4.69, 9.17) is 5.11 Å². The van der Waals surface area contributed by atoms with Crippen molar-refractivity contribution >= 4 is 17.6 Å². The predicted molar refractivity (Wildman–Crippen MR) is 60.6 cm³/mol. The normalized spacial score (nSPS) is 9.56. The van der Waals surface area contributed by atoms with Crippen LogP contribution < -0.4 is 10.6 Å². The fourth-order valence-electron chi connectivity index (χ4n) is 1.21. The number of carbonyl (C=O) groups excluding carboxylic acids is 1. The second kappa shape index (κ2) is 5.75. The van der Waals surface area contributed by atoms with Gasteiger partial charge in [0, 0.05) is 25.7 Å². The summed E-state index contributed by atoms with van der Waals surface area (Å²) in [5, 5.41) is 14.4. The van der Waals surface area contributed by atoms with Crippen LogP contribution in [0.4, 0.5) is 5.69 Å². The predicted octanol–water partition coefficient (Wildman–Crippen LogP) is 0.933. The van der Waals surface area contributed by atoms with E-state index in [1.807, 2.05) is 0 Å². The molecule has 0 atom stereocenters. The van der Waals surface area contributed by atoms with E-state index in [9.17, 15) is 9.59 Å². The summed E-state index contributed by atoms with van der Waals surface area (Å²) in [5.74, 6) is -1.04. The van der Waals surface area contributed by atoms with Gasteiger partial charge in [-0.25, -0.2) is 4.79 Å². The van der Waals surface area contributed by atoms with Crippen molar-refractivity contribution in [3.05, 3.63) is 29.8 Å². The van der Waals surface area contributed by atoms with Crippen molar-refractivity contribution in [2.75, 3.05) is 18.4 Å². The largest absolute Gasteiger partial charge is 0.478 e. The van der Waals surface area contributed by atoms with Gasteiger partial charge in [0.05, 0.1) is 5.56 Å². The molecule has 0 aliphatic carbocycles. The summed E-state index contributed by atoms with van der Waals surface area (Å²) in [6.45, 7) is 2.51. The Hall–Kier alpha value is -2.04. The third kappa shape index (κ3) is 4.00. The molecule has 0 bridgehead atoms. The van der Waals surface area contributed by atoms with E-state index in [1.165, 1.54) is 13.0 Å². The maximum atomic E-state index is 10.7. The molecule has 1 aromatic carbocycles.